The van der Waals surface area contributed by atoms with Crippen LogP contribution >= 0.6 is 0 Å². The predicted molar refractivity (Wildman–Crippen MR) is 94.4 cm³/mol. The van der Waals surface area contributed by atoms with Crippen molar-refractivity contribution in [3.05, 3.63) is 71.2 Å². The molecule has 1 amide bonds. The number of carboxylic acid groups (broad SMARTS) is 1. The van der Waals surface area contributed by atoms with Crippen LogP contribution in [0.1, 0.15) is 21.6 Å². The largest absolute Gasteiger partial charge is 0.480 e. The number of para-hydroxylation sites is 1. The fourth-order valence-electron chi connectivity index (χ4n) is 3.70. The van der Waals surface area contributed by atoms with Crippen LogP contribution in [0.5, 0.6) is 0 Å². The van der Waals surface area contributed by atoms with Gasteiger partial charge in [0.05, 0.1) is 5.56 Å². The number of carboxylic acids is 1. The van der Waals surface area contributed by atoms with E-state index in [-0.39, 0.29) is 18.0 Å². The maximum Gasteiger partial charge on any atom is 0.323 e. The van der Waals surface area contributed by atoms with E-state index in [4.69, 9.17) is 0 Å². The molecule has 6 heteroatoms. The van der Waals surface area contributed by atoms with Gasteiger partial charge in [0.15, 0.2) is 0 Å². The minimum atomic E-state index is -0.904. The van der Waals surface area contributed by atoms with Crippen molar-refractivity contribution in [2.45, 2.75) is 19.5 Å². The summed E-state index contributed by atoms with van der Waals surface area (Å²) in [6.07, 6.45) is 0.539. The molecular weight excluding hydrogens is 335 g/mol. The number of rotatable bonds is 3. The zero-order chi connectivity index (χ0) is 18.3. The Morgan fingerprint density at radius 2 is 1.81 bits per heavy atom. The Kier molecular flexibility index (Phi) is 3.95. The number of amides is 1. The molecule has 0 bridgehead atoms. The summed E-state index contributed by atoms with van der Waals surface area (Å²) in [7, 11) is 0. The molecule has 1 N–H and O–H groups in total. The molecule has 0 radical (unpaired) electrons. The van der Waals surface area contributed by atoms with Gasteiger partial charge in [-0.1, -0.05) is 30.3 Å². The van der Waals surface area contributed by atoms with E-state index in [1.165, 1.54) is 12.1 Å². The standard InChI is InChI=1S/C20H17FN2O3/c21-16-7-3-1-6-14(16)20(26)22-10-9-18-15(11-22)13-5-2-4-8-17(13)23(18)12-19(24)25/h1-8H,9-12H2,(H,24,25). The Balaban J connectivity index is 1.74. The van der Waals surface area contributed by atoms with Crippen molar-refractivity contribution in [1.29, 1.82) is 0 Å². The molecule has 5 nitrogen and oxygen atoms in total. The highest BCUT2D eigenvalue weighted by molar-refractivity contribution is 5.95. The second-order valence-electron chi connectivity index (χ2n) is 6.38. The Bertz CT molecular complexity index is 1030. The van der Waals surface area contributed by atoms with Crippen LogP contribution < -0.4 is 0 Å². The van der Waals surface area contributed by atoms with Crippen molar-refractivity contribution < 1.29 is 19.1 Å². The molecule has 1 aromatic heterocycles. The summed E-state index contributed by atoms with van der Waals surface area (Å²) >= 11 is 0. The summed E-state index contributed by atoms with van der Waals surface area (Å²) < 4.78 is 15.8. The molecule has 3 aromatic rings. The topological polar surface area (TPSA) is 62.5 Å². The SMILES string of the molecule is O=C(O)Cn1c2c(c3ccccc31)CN(C(=O)c1ccccc1F)CC2. The van der Waals surface area contributed by atoms with Gasteiger partial charge in [0.2, 0.25) is 0 Å². The minimum absolute atomic E-state index is 0.0604. The van der Waals surface area contributed by atoms with Gasteiger partial charge in [-0.2, -0.15) is 0 Å². The van der Waals surface area contributed by atoms with Gasteiger partial charge in [-0.25, -0.2) is 4.39 Å². The summed E-state index contributed by atoms with van der Waals surface area (Å²) in [5.74, 6) is -1.78. The van der Waals surface area contributed by atoms with Gasteiger partial charge in [0, 0.05) is 41.7 Å². The van der Waals surface area contributed by atoms with Crippen LogP contribution in [0, 0.1) is 5.82 Å². The maximum atomic E-state index is 14.0. The number of hydrogen-bond donors (Lipinski definition) is 1. The van der Waals surface area contributed by atoms with E-state index in [0.29, 0.717) is 19.5 Å². The molecule has 0 fully saturated rings. The predicted octanol–water partition coefficient (Wildman–Crippen LogP) is 3.06. The van der Waals surface area contributed by atoms with E-state index in [2.05, 4.69) is 0 Å². The summed E-state index contributed by atoms with van der Waals surface area (Å²) in [5.41, 5.74) is 2.79. The van der Waals surface area contributed by atoms with Gasteiger partial charge in [-0.05, 0) is 18.2 Å². The Hall–Kier alpha value is -3.15. The molecule has 0 atom stereocenters. The second-order valence-corrected chi connectivity index (χ2v) is 6.38. The quantitative estimate of drug-likeness (QED) is 0.788. The summed E-state index contributed by atoms with van der Waals surface area (Å²) in [4.78, 5) is 25.6. The van der Waals surface area contributed by atoms with Crippen LogP contribution in [0.3, 0.4) is 0 Å². The molecule has 0 aliphatic carbocycles. The summed E-state index contributed by atoms with van der Waals surface area (Å²) in [6.45, 7) is 0.656. The molecule has 0 saturated heterocycles. The number of carbonyl (C=O) groups is 2. The first-order chi connectivity index (χ1) is 12.6. The van der Waals surface area contributed by atoms with Crippen LogP contribution in [0.2, 0.25) is 0 Å². The molecule has 2 heterocycles. The van der Waals surface area contributed by atoms with Crippen LogP contribution in [0.15, 0.2) is 48.5 Å². The number of halogens is 1. The number of fused-ring (bicyclic) bond motifs is 3. The zero-order valence-corrected chi connectivity index (χ0v) is 14.0. The minimum Gasteiger partial charge on any atom is -0.480 e. The van der Waals surface area contributed by atoms with Crippen molar-refractivity contribution in [3.8, 4) is 0 Å². The van der Waals surface area contributed by atoms with Crippen LogP contribution in [0.4, 0.5) is 4.39 Å². The molecule has 26 heavy (non-hydrogen) atoms. The van der Waals surface area contributed by atoms with Crippen molar-refractivity contribution in [2.24, 2.45) is 0 Å². The smallest absolute Gasteiger partial charge is 0.323 e. The number of carbonyl (C=O) groups excluding carboxylic acids is 1. The lowest BCUT2D eigenvalue weighted by Gasteiger charge is -2.28. The molecular formula is C20H17FN2O3. The number of benzene rings is 2. The normalized spacial score (nSPS) is 13.7. The fraction of sp³-hybridized carbons (Fsp3) is 0.200. The molecule has 0 unspecified atom stereocenters. The van der Waals surface area contributed by atoms with Gasteiger partial charge in [0.1, 0.15) is 12.4 Å². The molecule has 0 spiro atoms. The highest BCUT2D eigenvalue weighted by Gasteiger charge is 2.28. The van der Waals surface area contributed by atoms with E-state index >= 15 is 0 Å². The van der Waals surface area contributed by atoms with Crippen LogP contribution in [-0.4, -0.2) is 33.0 Å². The lowest BCUT2D eigenvalue weighted by molar-refractivity contribution is -0.137. The van der Waals surface area contributed by atoms with Crippen LogP contribution in [-0.2, 0) is 24.3 Å². The number of hydrogen-bond acceptors (Lipinski definition) is 2. The van der Waals surface area contributed by atoms with Crippen molar-refractivity contribution in [1.82, 2.24) is 9.47 Å². The highest BCUT2D eigenvalue weighted by Crippen LogP contribution is 2.31. The first kappa shape index (κ1) is 16.3. The Morgan fingerprint density at radius 1 is 1.08 bits per heavy atom. The maximum absolute atomic E-state index is 14.0. The average Bonchev–Trinajstić information content (AvgIpc) is 2.95. The summed E-state index contributed by atoms with van der Waals surface area (Å²) in [5, 5.41) is 10.2. The number of nitrogens with zero attached hydrogens (tertiary/aromatic N) is 2. The average molecular weight is 352 g/mol. The molecule has 1 aliphatic rings. The van der Waals surface area contributed by atoms with Crippen molar-refractivity contribution >= 4 is 22.8 Å². The van der Waals surface area contributed by atoms with Gasteiger partial charge in [-0.15, -0.1) is 0 Å². The highest BCUT2D eigenvalue weighted by atomic mass is 19.1. The summed E-state index contributed by atoms with van der Waals surface area (Å²) in [6, 6.07) is 13.6. The monoisotopic (exact) mass is 352 g/mol. The first-order valence-electron chi connectivity index (χ1n) is 8.41. The third kappa shape index (κ3) is 2.63. The third-order valence-corrected chi connectivity index (χ3v) is 4.85. The first-order valence-corrected chi connectivity index (χ1v) is 8.41. The molecule has 2 aromatic carbocycles. The van der Waals surface area contributed by atoms with Crippen molar-refractivity contribution in [2.75, 3.05) is 6.54 Å². The fourth-order valence-corrected chi connectivity index (χ4v) is 3.70. The number of aromatic nitrogens is 1. The van der Waals surface area contributed by atoms with E-state index in [0.717, 1.165) is 22.2 Å². The Labute approximate surface area is 149 Å². The lowest BCUT2D eigenvalue weighted by atomic mass is 10.0. The van der Waals surface area contributed by atoms with Crippen LogP contribution in [0.25, 0.3) is 10.9 Å². The van der Waals surface area contributed by atoms with Gasteiger partial charge in [-0.3, -0.25) is 9.59 Å². The lowest BCUT2D eigenvalue weighted by Crippen LogP contribution is -2.36. The third-order valence-electron chi connectivity index (χ3n) is 4.85. The van der Waals surface area contributed by atoms with E-state index in [1.807, 2.05) is 24.3 Å². The molecule has 0 saturated carbocycles. The Morgan fingerprint density at radius 3 is 2.58 bits per heavy atom. The van der Waals surface area contributed by atoms with Gasteiger partial charge < -0.3 is 14.6 Å². The van der Waals surface area contributed by atoms with Crippen molar-refractivity contribution in [3.63, 3.8) is 0 Å². The van der Waals surface area contributed by atoms with Gasteiger partial charge in [0.25, 0.3) is 5.91 Å². The zero-order valence-electron chi connectivity index (χ0n) is 14.0. The van der Waals surface area contributed by atoms with Gasteiger partial charge >= 0.3 is 5.97 Å². The van der Waals surface area contributed by atoms with E-state index < -0.39 is 11.8 Å². The molecule has 132 valence electrons. The molecule has 1 aliphatic heterocycles. The second kappa shape index (κ2) is 6.29. The molecule has 4 rings (SSSR count). The van der Waals surface area contributed by atoms with E-state index in [9.17, 15) is 19.1 Å². The van der Waals surface area contributed by atoms with E-state index in [1.54, 1.807) is 21.6 Å². The number of aliphatic carboxylic acids is 1.